The molecular formula is C16H23NO3S. The van der Waals surface area contributed by atoms with E-state index in [2.05, 4.69) is 18.2 Å². The normalized spacial score (nSPS) is 14.3. The molecule has 0 aromatic heterocycles. The highest BCUT2D eigenvalue weighted by atomic mass is 32.2. The Kier molecular flexibility index (Phi) is 5.53. The number of carbonyl (C=O) groups excluding carboxylic acids is 1. The fraction of sp³-hybridized carbons (Fsp3) is 0.562. The maximum absolute atomic E-state index is 11.7. The van der Waals surface area contributed by atoms with Crippen molar-refractivity contribution in [2.75, 3.05) is 20.3 Å². The lowest BCUT2D eigenvalue weighted by molar-refractivity contribution is -0.143. The van der Waals surface area contributed by atoms with E-state index in [0.29, 0.717) is 19.2 Å². The first-order valence-corrected chi connectivity index (χ1v) is 8.08. The highest BCUT2D eigenvalue weighted by molar-refractivity contribution is 7.97. The SMILES string of the molecule is CCOC(=O)CN(Sc1c(C)cc(OC)cc1C)C1CC1. The summed E-state index contributed by atoms with van der Waals surface area (Å²) in [7, 11) is 1.68. The third-order valence-corrected chi connectivity index (χ3v) is 4.91. The number of hydrogen-bond acceptors (Lipinski definition) is 5. The van der Waals surface area contributed by atoms with E-state index >= 15 is 0 Å². The van der Waals surface area contributed by atoms with Crippen molar-refractivity contribution in [3.05, 3.63) is 23.3 Å². The molecule has 116 valence electrons. The van der Waals surface area contributed by atoms with Gasteiger partial charge in [-0.25, -0.2) is 4.31 Å². The average molecular weight is 309 g/mol. The van der Waals surface area contributed by atoms with Crippen LogP contribution in [0.5, 0.6) is 5.75 Å². The van der Waals surface area contributed by atoms with Crippen LogP contribution in [0.4, 0.5) is 0 Å². The van der Waals surface area contributed by atoms with Gasteiger partial charge < -0.3 is 9.47 Å². The summed E-state index contributed by atoms with van der Waals surface area (Å²) in [6.45, 7) is 6.77. The Morgan fingerprint density at radius 2 is 1.95 bits per heavy atom. The first kappa shape index (κ1) is 16.2. The molecule has 0 radical (unpaired) electrons. The molecule has 5 heteroatoms. The minimum atomic E-state index is -0.152. The van der Waals surface area contributed by atoms with Gasteiger partial charge >= 0.3 is 5.97 Å². The first-order chi connectivity index (χ1) is 10.0. The smallest absolute Gasteiger partial charge is 0.321 e. The highest BCUT2D eigenvalue weighted by Crippen LogP contribution is 2.39. The van der Waals surface area contributed by atoms with Gasteiger partial charge in [-0.05, 0) is 68.8 Å². The van der Waals surface area contributed by atoms with Crippen LogP contribution in [0.25, 0.3) is 0 Å². The van der Waals surface area contributed by atoms with E-state index in [1.807, 2.05) is 19.1 Å². The maximum Gasteiger partial charge on any atom is 0.321 e. The van der Waals surface area contributed by atoms with Crippen molar-refractivity contribution in [1.82, 2.24) is 4.31 Å². The summed E-state index contributed by atoms with van der Waals surface area (Å²) in [6.07, 6.45) is 2.31. The molecule has 1 fully saturated rings. The Hall–Kier alpha value is -1.20. The summed E-state index contributed by atoms with van der Waals surface area (Å²) in [5.74, 6) is 0.721. The molecule has 0 spiro atoms. The van der Waals surface area contributed by atoms with E-state index in [0.717, 1.165) is 18.6 Å². The lowest BCUT2D eigenvalue weighted by atomic mass is 10.1. The van der Waals surface area contributed by atoms with Crippen LogP contribution in [0.3, 0.4) is 0 Å². The molecule has 0 atom stereocenters. The summed E-state index contributed by atoms with van der Waals surface area (Å²) < 4.78 is 12.5. The third kappa shape index (κ3) is 4.38. The molecule has 2 rings (SSSR count). The number of nitrogens with zero attached hydrogens (tertiary/aromatic N) is 1. The quantitative estimate of drug-likeness (QED) is 0.570. The molecular weight excluding hydrogens is 286 g/mol. The summed E-state index contributed by atoms with van der Waals surface area (Å²) in [5.41, 5.74) is 2.35. The molecule has 0 saturated heterocycles. The predicted molar refractivity (Wildman–Crippen MR) is 84.7 cm³/mol. The zero-order valence-electron chi connectivity index (χ0n) is 13.1. The first-order valence-electron chi connectivity index (χ1n) is 7.30. The molecule has 21 heavy (non-hydrogen) atoms. The standard InChI is InChI=1S/C16H23NO3S/c1-5-20-15(18)10-17(13-6-7-13)21-16-11(2)8-14(19-4)9-12(16)3/h8-9,13H,5-7,10H2,1-4H3. The number of ether oxygens (including phenoxy) is 2. The van der Waals surface area contributed by atoms with Crippen LogP contribution in [0.2, 0.25) is 0 Å². The summed E-state index contributed by atoms with van der Waals surface area (Å²) in [6, 6.07) is 4.55. The Balaban J connectivity index is 2.12. The van der Waals surface area contributed by atoms with Gasteiger partial charge in [-0.15, -0.1) is 0 Å². The molecule has 1 saturated carbocycles. The van der Waals surface area contributed by atoms with Crippen molar-refractivity contribution in [1.29, 1.82) is 0 Å². The number of benzene rings is 1. The van der Waals surface area contributed by atoms with E-state index in [1.54, 1.807) is 19.1 Å². The molecule has 1 aromatic rings. The van der Waals surface area contributed by atoms with Crippen LogP contribution >= 0.6 is 11.9 Å². The van der Waals surface area contributed by atoms with E-state index in [-0.39, 0.29) is 5.97 Å². The molecule has 0 bridgehead atoms. The average Bonchev–Trinajstić information content (AvgIpc) is 3.26. The van der Waals surface area contributed by atoms with Crippen molar-refractivity contribution >= 4 is 17.9 Å². The second-order valence-corrected chi connectivity index (χ2v) is 6.35. The molecule has 4 nitrogen and oxygen atoms in total. The van der Waals surface area contributed by atoms with Crippen LogP contribution in [0.1, 0.15) is 30.9 Å². The van der Waals surface area contributed by atoms with Crippen molar-refractivity contribution in [3.63, 3.8) is 0 Å². The molecule has 0 amide bonds. The number of carbonyl (C=O) groups is 1. The van der Waals surface area contributed by atoms with Gasteiger partial charge in [0, 0.05) is 10.9 Å². The van der Waals surface area contributed by atoms with Crippen molar-refractivity contribution in [2.24, 2.45) is 0 Å². The zero-order valence-corrected chi connectivity index (χ0v) is 14.0. The monoisotopic (exact) mass is 309 g/mol. The Labute approximate surface area is 130 Å². The van der Waals surface area contributed by atoms with Crippen LogP contribution in [0, 0.1) is 13.8 Å². The lowest BCUT2D eigenvalue weighted by Gasteiger charge is -2.22. The Morgan fingerprint density at radius 3 is 2.43 bits per heavy atom. The van der Waals surface area contributed by atoms with Crippen LogP contribution in [-0.2, 0) is 9.53 Å². The largest absolute Gasteiger partial charge is 0.497 e. The van der Waals surface area contributed by atoms with E-state index in [9.17, 15) is 4.79 Å². The minimum Gasteiger partial charge on any atom is -0.497 e. The van der Waals surface area contributed by atoms with Crippen molar-refractivity contribution in [2.45, 2.75) is 44.6 Å². The Morgan fingerprint density at radius 1 is 1.33 bits per heavy atom. The topological polar surface area (TPSA) is 38.8 Å². The van der Waals surface area contributed by atoms with Crippen LogP contribution < -0.4 is 4.74 Å². The second kappa shape index (κ2) is 7.18. The molecule has 0 N–H and O–H groups in total. The van der Waals surface area contributed by atoms with Gasteiger partial charge in [-0.1, -0.05) is 0 Å². The van der Waals surface area contributed by atoms with E-state index in [4.69, 9.17) is 9.47 Å². The van der Waals surface area contributed by atoms with Crippen molar-refractivity contribution < 1.29 is 14.3 Å². The fourth-order valence-electron chi connectivity index (χ4n) is 2.22. The maximum atomic E-state index is 11.7. The van der Waals surface area contributed by atoms with Gasteiger partial charge in [0.1, 0.15) is 12.3 Å². The molecule has 0 unspecified atom stereocenters. The zero-order chi connectivity index (χ0) is 15.4. The van der Waals surface area contributed by atoms with Gasteiger partial charge in [0.25, 0.3) is 0 Å². The molecule has 0 aliphatic heterocycles. The summed E-state index contributed by atoms with van der Waals surface area (Å²) in [5, 5.41) is 0. The third-order valence-electron chi connectivity index (χ3n) is 3.42. The number of aryl methyl sites for hydroxylation is 2. The van der Waals surface area contributed by atoms with Gasteiger partial charge in [0.2, 0.25) is 0 Å². The van der Waals surface area contributed by atoms with Gasteiger partial charge in [0.15, 0.2) is 0 Å². The number of esters is 1. The predicted octanol–water partition coefficient (Wildman–Crippen LogP) is 3.35. The molecule has 1 aliphatic rings. The van der Waals surface area contributed by atoms with Gasteiger partial charge in [0.05, 0.1) is 13.7 Å². The lowest BCUT2D eigenvalue weighted by Crippen LogP contribution is -2.27. The van der Waals surface area contributed by atoms with Gasteiger partial charge in [-0.3, -0.25) is 4.79 Å². The summed E-state index contributed by atoms with van der Waals surface area (Å²) >= 11 is 1.66. The minimum absolute atomic E-state index is 0.152. The molecule has 1 aromatic carbocycles. The van der Waals surface area contributed by atoms with Crippen LogP contribution in [0.15, 0.2) is 17.0 Å². The highest BCUT2D eigenvalue weighted by Gasteiger charge is 2.32. The number of hydrogen-bond donors (Lipinski definition) is 0. The van der Waals surface area contributed by atoms with Gasteiger partial charge in [-0.2, -0.15) is 0 Å². The number of rotatable bonds is 7. The second-order valence-electron chi connectivity index (χ2n) is 5.29. The molecule has 0 heterocycles. The summed E-state index contributed by atoms with van der Waals surface area (Å²) in [4.78, 5) is 12.9. The van der Waals surface area contributed by atoms with Crippen LogP contribution in [-0.4, -0.2) is 36.6 Å². The molecule has 1 aliphatic carbocycles. The van der Waals surface area contributed by atoms with E-state index in [1.165, 1.54) is 16.0 Å². The van der Waals surface area contributed by atoms with E-state index < -0.39 is 0 Å². The fourth-order valence-corrected chi connectivity index (χ4v) is 3.39. The number of methoxy groups -OCH3 is 1. The van der Waals surface area contributed by atoms with Crippen molar-refractivity contribution in [3.8, 4) is 5.75 Å². The Bertz CT molecular complexity index is 491.